The third-order valence-electron chi connectivity index (χ3n) is 3.51. The van der Waals surface area contributed by atoms with Crippen LogP contribution in [-0.4, -0.2) is 12.5 Å². The molecule has 2 aromatic carbocycles. The molecule has 3 nitrogen and oxygen atoms in total. The van der Waals surface area contributed by atoms with Gasteiger partial charge in [-0.05, 0) is 55.2 Å². The van der Waals surface area contributed by atoms with Gasteiger partial charge in [0.25, 0.3) is 5.91 Å². The summed E-state index contributed by atoms with van der Waals surface area (Å²) in [6.45, 7) is 5.93. The molecule has 0 fully saturated rings. The first kappa shape index (κ1) is 16.4. The Morgan fingerprint density at radius 1 is 1.18 bits per heavy atom. The summed E-state index contributed by atoms with van der Waals surface area (Å²) < 4.78 is 5.55. The molecule has 0 aliphatic carbocycles. The molecule has 0 unspecified atom stereocenters. The smallest absolute Gasteiger partial charge is 0.262 e. The monoisotopic (exact) mass is 317 g/mol. The van der Waals surface area contributed by atoms with Gasteiger partial charge in [0.1, 0.15) is 5.75 Å². The number of ether oxygens (including phenoxy) is 1. The lowest BCUT2D eigenvalue weighted by Crippen LogP contribution is -2.21. The minimum atomic E-state index is -0.176. The molecule has 1 amide bonds. The van der Waals surface area contributed by atoms with Crippen LogP contribution in [0.1, 0.15) is 23.6 Å². The van der Waals surface area contributed by atoms with E-state index in [9.17, 15) is 4.79 Å². The summed E-state index contributed by atoms with van der Waals surface area (Å²) in [7, 11) is 0. The highest BCUT2D eigenvalue weighted by molar-refractivity contribution is 6.31. The summed E-state index contributed by atoms with van der Waals surface area (Å²) in [5, 5.41) is 3.62. The van der Waals surface area contributed by atoms with Crippen molar-refractivity contribution < 1.29 is 9.53 Å². The fraction of sp³-hybridized carbons (Fsp3) is 0.278. The quantitative estimate of drug-likeness (QED) is 0.879. The van der Waals surface area contributed by atoms with Crippen LogP contribution in [0.4, 0.5) is 5.69 Å². The molecule has 0 aromatic heterocycles. The van der Waals surface area contributed by atoms with Gasteiger partial charge in [0.05, 0.1) is 0 Å². The van der Waals surface area contributed by atoms with E-state index in [2.05, 4.69) is 5.32 Å². The standard InChI is InChI=1S/C18H20ClNO2/c1-4-14-10-15(8-9-16(14)19)22-11-17(21)20-18-12(2)6-5-7-13(18)3/h5-10H,4,11H2,1-3H3,(H,20,21). The second-order valence-electron chi connectivity index (χ2n) is 5.21. The molecular formula is C18H20ClNO2. The Kier molecular flexibility index (Phi) is 5.45. The van der Waals surface area contributed by atoms with Crippen LogP contribution in [0.2, 0.25) is 5.02 Å². The highest BCUT2D eigenvalue weighted by Gasteiger charge is 2.08. The topological polar surface area (TPSA) is 38.3 Å². The number of carbonyl (C=O) groups is 1. The molecule has 0 spiro atoms. The zero-order chi connectivity index (χ0) is 16.1. The van der Waals surface area contributed by atoms with E-state index < -0.39 is 0 Å². The van der Waals surface area contributed by atoms with Crippen molar-refractivity contribution in [1.82, 2.24) is 0 Å². The molecule has 1 N–H and O–H groups in total. The van der Waals surface area contributed by atoms with Crippen molar-refractivity contribution in [3.63, 3.8) is 0 Å². The molecule has 0 aliphatic heterocycles. The normalized spacial score (nSPS) is 10.4. The highest BCUT2D eigenvalue weighted by atomic mass is 35.5. The van der Waals surface area contributed by atoms with Gasteiger partial charge < -0.3 is 10.1 Å². The molecule has 4 heteroatoms. The van der Waals surface area contributed by atoms with Crippen LogP contribution in [0.3, 0.4) is 0 Å². The number of rotatable bonds is 5. The molecule has 0 radical (unpaired) electrons. The second kappa shape index (κ2) is 7.32. The van der Waals surface area contributed by atoms with Crippen molar-refractivity contribution in [3.05, 3.63) is 58.1 Å². The minimum Gasteiger partial charge on any atom is -0.484 e. The molecule has 0 aliphatic rings. The van der Waals surface area contributed by atoms with Gasteiger partial charge in [0, 0.05) is 10.7 Å². The van der Waals surface area contributed by atoms with E-state index in [0.717, 1.165) is 33.8 Å². The maximum absolute atomic E-state index is 12.0. The number of halogens is 1. The van der Waals surface area contributed by atoms with Gasteiger partial charge in [-0.25, -0.2) is 0 Å². The van der Waals surface area contributed by atoms with Crippen LogP contribution in [-0.2, 0) is 11.2 Å². The number of aryl methyl sites for hydroxylation is 3. The lowest BCUT2D eigenvalue weighted by atomic mass is 10.1. The Morgan fingerprint density at radius 2 is 1.86 bits per heavy atom. The second-order valence-corrected chi connectivity index (χ2v) is 5.62. The number of carbonyl (C=O) groups excluding carboxylic acids is 1. The van der Waals surface area contributed by atoms with Crippen LogP contribution in [0.15, 0.2) is 36.4 Å². The molecule has 0 bridgehead atoms. The minimum absolute atomic E-state index is 0.0292. The molecule has 0 atom stereocenters. The van der Waals surface area contributed by atoms with Crippen LogP contribution in [0, 0.1) is 13.8 Å². The number of benzene rings is 2. The molecule has 2 rings (SSSR count). The predicted octanol–water partition coefficient (Wildman–Crippen LogP) is 4.54. The van der Waals surface area contributed by atoms with Crippen LogP contribution < -0.4 is 10.1 Å². The van der Waals surface area contributed by atoms with Crippen molar-refractivity contribution in [1.29, 1.82) is 0 Å². The highest BCUT2D eigenvalue weighted by Crippen LogP contribution is 2.23. The molecule has 0 saturated heterocycles. The van der Waals surface area contributed by atoms with Crippen molar-refractivity contribution in [2.75, 3.05) is 11.9 Å². The fourth-order valence-corrected chi connectivity index (χ4v) is 2.50. The summed E-state index contributed by atoms with van der Waals surface area (Å²) in [5.41, 5.74) is 3.93. The summed E-state index contributed by atoms with van der Waals surface area (Å²) in [5.74, 6) is 0.475. The number of nitrogens with one attached hydrogen (secondary N) is 1. The van der Waals surface area contributed by atoms with Gasteiger partial charge in [-0.3, -0.25) is 4.79 Å². The fourth-order valence-electron chi connectivity index (χ4n) is 2.25. The van der Waals surface area contributed by atoms with Gasteiger partial charge >= 0.3 is 0 Å². The molecule has 116 valence electrons. The summed E-state index contributed by atoms with van der Waals surface area (Å²) in [6.07, 6.45) is 0.824. The number of hydrogen-bond donors (Lipinski definition) is 1. The largest absolute Gasteiger partial charge is 0.484 e. The van der Waals surface area contributed by atoms with E-state index in [1.807, 2.05) is 45.0 Å². The molecule has 0 heterocycles. The number of para-hydroxylation sites is 1. The Bertz CT molecular complexity index is 663. The van der Waals surface area contributed by atoms with Gasteiger partial charge in [0.2, 0.25) is 0 Å². The molecule has 22 heavy (non-hydrogen) atoms. The lowest BCUT2D eigenvalue weighted by Gasteiger charge is -2.12. The van der Waals surface area contributed by atoms with Crippen molar-refractivity contribution in [2.45, 2.75) is 27.2 Å². The van der Waals surface area contributed by atoms with E-state index >= 15 is 0 Å². The van der Waals surface area contributed by atoms with E-state index in [1.54, 1.807) is 12.1 Å². The SMILES string of the molecule is CCc1cc(OCC(=O)Nc2c(C)cccc2C)ccc1Cl. The van der Waals surface area contributed by atoms with Crippen LogP contribution in [0.25, 0.3) is 0 Å². The zero-order valence-corrected chi connectivity index (χ0v) is 13.8. The molecular weight excluding hydrogens is 298 g/mol. The van der Waals surface area contributed by atoms with Crippen LogP contribution in [0.5, 0.6) is 5.75 Å². The van der Waals surface area contributed by atoms with Crippen molar-refractivity contribution in [2.24, 2.45) is 0 Å². The number of hydrogen-bond acceptors (Lipinski definition) is 2. The maximum atomic E-state index is 12.0. The molecule has 2 aromatic rings. The lowest BCUT2D eigenvalue weighted by molar-refractivity contribution is -0.118. The summed E-state index contributed by atoms with van der Waals surface area (Å²) >= 11 is 6.07. The zero-order valence-electron chi connectivity index (χ0n) is 13.1. The van der Waals surface area contributed by atoms with Gasteiger partial charge in [0.15, 0.2) is 6.61 Å². The van der Waals surface area contributed by atoms with Crippen LogP contribution >= 0.6 is 11.6 Å². The number of amides is 1. The Balaban J connectivity index is 1.98. The van der Waals surface area contributed by atoms with Gasteiger partial charge in [-0.2, -0.15) is 0 Å². The first-order valence-corrected chi connectivity index (χ1v) is 7.66. The Labute approximate surface area is 136 Å². The average Bonchev–Trinajstić information content (AvgIpc) is 2.50. The first-order valence-electron chi connectivity index (χ1n) is 7.28. The third kappa shape index (κ3) is 4.01. The third-order valence-corrected chi connectivity index (χ3v) is 3.88. The van der Waals surface area contributed by atoms with Crippen molar-refractivity contribution in [3.8, 4) is 5.75 Å². The van der Waals surface area contributed by atoms with E-state index in [1.165, 1.54) is 0 Å². The van der Waals surface area contributed by atoms with Gasteiger partial charge in [-0.15, -0.1) is 0 Å². The van der Waals surface area contributed by atoms with E-state index in [4.69, 9.17) is 16.3 Å². The predicted molar refractivity (Wildman–Crippen MR) is 90.9 cm³/mol. The first-order chi connectivity index (χ1) is 10.5. The van der Waals surface area contributed by atoms with Crippen molar-refractivity contribution >= 4 is 23.2 Å². The number of anilines is 1. The van der Waals surface area contributed by atoms with E-state index in [0.29, 0.717) is 5.75 Å². The Morgan fingerprint density at radius 3 is 2.50 bits per heavy atom. The summed E-state index contributed by atoms with van der Waals surface area (Å²) in [6, 6.07) is 11.3. The molecule has 0 saturated carbocycles. The average molecular weight is 318 g/mol. The Hall–Kier alpha value is -2.00. The maximum Gasteiger partial charge on any atom is 0.262 e. The summed E-state index contributed by atoms with van der Waals surface area (Å²) in [4.78, 5) is 12.0. The van der Waals surface area contributed by atoms with E-state index in [-0.39, 0.29) is 12.5 Å². The van der Waals surface area contributed by atoms with Gasteiger partial charge in [-0.1, -0.05) is 36.7 Å².